The Balaban J connectivity index is 0.00000161. The van der Waals surface area contributed by atoms with Crippen molar-refractivity contribution in [1.29, 1.82) is 0 Å². The Bertz CT molecular complexity index is 348. The second-order valence-corrected chi connectivity index (χ2v) is 8.18. The van der Waals surface area contributed by atoms with Gasteiger partial charge < -0.3 is 10.6 Å². The van der Waals surface area contributed by atoms with E-state index in [-0.39, 0.29) is 24.4 Å². The largest absolute Gasteiger partial charge is 0.345 e. The molecular weight excluding hydrogens is 284 g/mol. The standard InChI is InChI=1S/C17H30N2O.ClH/c1-12(18)3-4-16(20)19(2)11-17-8-13-5-14(9-17)7-15(6-13)10-17;/h12-15H,3-11,18H2,1-2H3;1H. The Hall–Kier alpha value is -0.280. The number of amides is 1. The first-order chi connectivity index (χ1) is 9.46. The third-order valence-electron chi connectivity index (χ3n) is 5.98. The van der Waals surface area contributed by atoms with Crippen LogP contribution < -0.4 is 5.73 Å². The maximum Gasteiger partial charge on any atom is 0.222 e. The van der Waals surface area contributed by atoms with Gasteiger partial charge in [0.1, 0.15) is 0 Å². The fraction of sp³-hybridized carbons (Fsp3) is 0.941. The number of carbonyl (C=O) groups excluding carboxylic acids is 1. The number of rotatable bonds is 5. The lowest BCUT2D eigenvalue weighted by atomic mass is 9.49. The Labute approximate surface area is 135 Å². The second kappa shape index (κ2) is 6.45. The summed E-state index contributed by atoms with van der Waals surface area (Å²) in [7, 11) is 2.00. The molecule has 1 atom stereocenters. The van der Waals surface area contributed by atoms with E-state index in [1.165, 1.54) is 38.5 Å². The number of halogens is 1. The topological polar surface area (TPSA) is 46.3 Å². The van der Waals surface area contributed by atoms with E-state index in [0.29, 0.717) is 11.8 Å². The van der Waals surface area contributed by atoms with Gasteiger partial charge in [0.25, 0.3) is 0 Å². The van der Waals surface area contributed by atoms with E-state index in [1.807, 2.05) is 18.9 Å². The first kappa shape index (κ1) is 17.1. The van der Waals surface area contributed by atoms with Crippen LogP contribution in [0.4, 0.5) is 0 Å². The average molecular weight is 315 g/mol. The van der Waals surface area contributed by atoms with Gasteiger partial charge in [0, 0.05) is 26.1 Å². The molecule has 4 saturated carbocycles. The minimum atomic E-state index is 0. The highest BCUT2D eigenvalue weighted by atomic mass is 35.5. The van der Waals surface area contributed by atoms with Crippen molar-refractivity contribution in [2.24, 2.45) is 28.9 Å². The Morgan fingerprint density at radius 1 is 1.19 bits per heavy atom. The number of hydrogen-bond donors (Lipinski definition) is 1. The first-order valence-electron chi connectivity index (χ1n) is 8.45. The van der Waals surface area contributed by atoms with E-state index in [0.717, 1.165) is 30.7 Å². The summed E-state index contributed by atoms with van der Waals surface area (Å²) in [5.41, 5.74) is 6.22. The van der Waals surface area contributed by atoms with Crippen LogP contribution in [0.1, 0.15) is 58.3 Å². The Kier molecular flexibility index (Phi) is 5.25. The van der Waals surface area contributed by atoms with Gasteiger partial charge in [-0.25, -0.2) is 0 Å². The average Bonchev–Trinajstić information content (AvgIpc) is 2.33. The minimum absolute atomic E-state index is 0. The van der Waals surface area contributed by atoms with E-state index in [4.69, 9.17) is 5.73 Å². The highest BCUT2D eigenvalue weighted by Gasteiger charge is 2.51. The maximum atomic E-state index is 12.2. The number of nitrogens with zero attached hydrogens (tertiary/aromatic N) is 1. The number of carbonyl (C=O) groups is 1. The highest BCUT2D eigenvalue weighted by Crippen LogP contribution is 2.60. The zero-order valence-corrected chi connectivity index (χ0v) is 14.3. The van der Waals surface area contributed by atoms with Gasteiger partial charge in [-0.2, -0.15) is 0 Å². The highest BCUT2D eigenvalue weighted by molar-refractivity contribution is 5.85. The molecule has 4 aliphatic rings. The molecule has 0 aliphatic heterocycles. The lowest BCUT2D eigenvalue weighted by Crippen LogP contribution is -2.51. The fourth-order valence-electron chi connectivity index (χ4n) is 5.62. The van der Waals surface area contributed by atoms with Gasteiger partial charge in [0.05, 0.1) is 0 Å². The number of hydrogen-bond acceptors (Lipinski definition) is 2. The molecule has 0 saturated heterocycles. The van der Waals surface area contributed by atoms with Crippen LogP contribution in [-0.4, -0.2) is 30.4 Å². The molecular formula is C17H31ClN2O. The van der Waals surface area contributed by atoms with Crippen molar-refractivity contribution >= 4 is 18.3 Å². The molecule has 0 heterocycles. The maximum absolute atomic E-state index is 12.2. The van der Waals surface area contributed by atoms with Crippen LogP contribution >= 0.6 is 12.4 Å². The molecule has 122 valence electrons. The molecule has 0 aromatic carbocycles. The van der Waals surface area contributed by atoms with Crippen LogP contribution in [0.3, 0.4) is 0 Å². The second-order valence-electron chi connectivity index (χ2n) is 8.18. The van der Waals surface area contributed by atoms with Crippen molar-refractivity contribution in [1.82, 2.24) is 4.90 Å². The van der Waals surface area contributed by atoms with E-state index in [9.17, 15) is 4.79 Å². The van der Waals surface area contributed by atoms with Crippen molar-refractivity contribution in [3.8, 4) is 0 Å². The monoisotopic (exact) mass is 314 g/mol. The molecule has 0 spiro atoms. The van der Waals surface area contributed by atoms with Gasteiger partial charge in [0.2, 0.25) is 5.91 Å². The molecule has 0 aromatic rings. The Morgan fingerprint density at radius 3 is 2.10 bits per heavy atom. The summed E-state index contributed by atoms with van der Waals surface area (Å²) in [6.45, 7) is 2.97. The van der Waals surface area contributed by atoms with Crippen LogP contribution in [0.5, 0.6) is 0 Å². The van der Waals surface area contributed by atoms with Crippen LogP contribution in [0, 0.1) is 23.2 Å². The summed E-state index contributed by atoms with van der Waals surface area (Å²) < 4.78 is 0. The van der Waals surface area contributed by atoms with Crippen LogP contribution in [0.2, 0.25) is 0 Å². The quantitative estimate of drug-likeness (QED) is 0.847. The molecule has 4 bridgehead atoms. The minimum Gasteiger partial charge on any atom is -0.345 e. The molecule has 0 aromatic heterocycles. The summed E-state index contributed by atoms with van der Waals surface area (Å²) in [6, 6.07) is 0.131. The van der Waals surface area contributed by atoms with Gasteiger partial charge >= 0.3 is 0 Å². The van der Waals surface area contributed by atoms with Gasteiger partial charge in [-0.05, 0) is 75.0 Å². The van der Waals surface area contributed by atoms with Crippen LogP contribution in [0.25, 0.3) is 0 Å². The van der Waals surface area contributed by atoms with Crippen molar-refractivity contribution in [3.63, 3.8) is 0 Å². The fourth-order valence-corrected chi connectivity index (χ4v) is 5.62. The summed E-state index contributed by atoms with van der Waals surface area (Å²) >= 11 is 0. The van der Waals surface area contributed by atoms with E-state index in [1.54, 1.807) is 0 Å². The summed E-state index contributed by atoms with van der Waals surface area (Å²) in [5, 5.41) is 0. The molecule has 1 amide bonds. The smallest absolute Gasteiger partial charge is 0.222 e. The number of nitrogens with two attached hydrogens (primary N) is 1. The summed E-state index contributed by atoms with van der Waals surface area (Å²) in [5.74, 6) is 3.19. The molecule has 2 N–H and O–H groups in total. The van der Waals surface area contributed by atoms with E-state index in [2.05, 4.69) is 0 Å². The molecule has 4 fully saturated rings. The van der Waals surface area contributed by atoms with Gasteiger partial charge in [-0.3, -0.25) is 4.79 Å². The summed E-state index contributed by atoms with van der Waals surface area (Å²) in [4.78, 5) is 14.3. The molecule has 4 rings (SSSR count). The molecule has 1 unspecified atom stereocenters. The molecule has 4 aliphatic carbocycles. The van der Waals surface area contributed by atoms with Crippen molar-refractivity contribution in [2.75, 3.05) is 13.6 Å². The van der Waals surface area contributed by atoms with Crippen molar-refractivity contribution in [3.05, 3.63) is 0 Å². The predicted octanol–water partition coefficient (Wildman–Crippen LogP) is 3.21. The van der Waals surface area contributed by atoms with E-state index < -0.39 is 0 Å². The first-order valence-corrected chi connectivity index (χ1v) is 8.45. The lowest BCUT2D eigenvalue weighted by Gasteiger charge is -2.57. The van der Waals surface area contributed by atoms with Crippen molar-refractivity contribution in [2.45, 2.75) is 64.3 Å². The lowest BCUT2D eigenvalue weighted by molar-refractivity contribution is -0.135. The zero-order chi connectivity index (χ0) is 14.3. The third-order valence-corrected chi connectivity index (χ3v) is 5.98. The molecule has 4 heteroatoms. The molecule has 21 heavy (non-hydrogen) atoms. The summed E-state index contributed by atoms with van der Waals surface area (Å²) in [6.07, 6.45) is 9.98. The normalized spacial score (nSPS) is 38.0. The SMILES string of the molecule is CC(N)CCC(=O)N(C)CC12CC3CC(CC(C3)C1)C2.Cl. The zero-order valence-electron chi connectivity index (χ0n) is 13.5. The van der Waals surface area contributed by atoms with Gasteiger partial charge in [0.15, 0.2) is 0 Å². The predicted molar refractivity (Wildman–Crippen MR) is 88.4 cm³/mol. The third kappa shape index (κ3) is 3.73. The van der Waals surface area contributed by atoms with Crippen LogP contribution in [-0.2, 0) is 4.79 Å². The van der Waals surface area contributed by atoms with Gasteiger partial charge in [-0.15, -0.1) is 12.4 Å². The molecule has 0 radical (unpaired) electrons. The molecule has 3 nitrogen and oxygen atoms in total. The van der Waals surface area contributed by atoms with Crippen molar-refractivity contribution < 1.29 is 4.79 Å². The van der Waals surface area contributed by atoms with E-state index >= 15 is 0 Å². The van der Waals surface area contributed by atoms with Crippen LogP contribution in [0.15, 0.2) is 0 Å². The Morgan fingerprint density at radius 2 is 1.67 bits per heavy atom. The van der Waals surface area contributed by atoms with Gasteiger partial charge in [-0.1, -0.05) is 0 Å².